The van der Waals surface area contributed by atoms with E-state index in [1.54, 1.807) is 12.1 Å². The molecule has 0 aromatic heterocycles. The number of rotatable bonds is 4. The van der Waals surface area contributed by atoms with Gasteiger partial charge in [-0.3, -0.25) is 4.79 Å². The Bertz CT molecular complexity index is 615. The number of nitrogens with one attached hydrogen (secondary N) is 1. The molecule has 20 heavy (non-hydrogen) atoms. The molecule has 0 saturated carbocycles. The molecule has 1 heterocycles. The van der Waals surface area contributed by atoms with E-state index < -0.39 is 9.84 Å². The lowest BCUT2D eigenvalue weighted by molar-refractivity contribution is -0.123. The van der Waals surface area contributed by atoms with Gasteiger partial charge in [0.1, 0.15) is 5.75 Å². The predicted molar refractivity (Wildman–Crippen MR) is 76.9 cm³/mol. The number of aryl methyl sites for hydroxylation is 1. The number of amides is 1. The normalized spacial score (nSPS) is 20.6. The Kier molecular flexibility index (Phi) is 4.55. The van der Waals surface area contributed by atoms with Gasteiger partial charge in [0.25, 0.3) is 5.91 Å². The number of sulfone groups is 1. The van der Waals surface area contributed by atoms with E-state index in [1.807, 2.05) is 13.0 Å². The Morgan fingerprint density at radius 2 is 2.25 bits per heavy atom. The van der Waals surface area contributed by atoms with Crippen molar-refractivity contribution in [2.75, 3.05) is 18.1 Å². The number of carbonyl (C=O) groups excluding carboxylic acids is 1. The molecule has 1 fully saturated rings. The summed E-state index contributed by atoms with van der Waals surface area (Å²) in [6.07, 6.45) is 0.458. The van der Waals surface area contributed by atoms with E-state index in [9.17, 15) is 13.2 Å². The van der Waals surface area contributed by atoms with Crippen LogP contribution >= 0.6 is 11.6 Å². The molecule has 1 N–H and O–H groups in total. The Labute approximate surface area is 123 Å². The van der Waals surface area contributed by atoms with E-state index >= 15 is 0 Å². The van der Waals surface area contributed by atoms with E-state index in [0.717, 1.165) is 5.56 Å². The third kappa shape index (κ3) is 4.11. The average molecular weight is 318 g/mol. The quantitative estimate of drug-likeness (QED) is 0.909. The summed E-state index contributed by atoms with van der Waals surface area (Å²) in [5, 5.41) is 3.09. The zero-order valence-electron chi connectivity index (χ0n) is 11.1. The van der Waals surface area contributed by atoms with Crippen LogP contribution in [0.5, 0.6) is 5.75 Å². The minimum absolute atomic E-state index is 0.00391. The maximum atomic E-state index is 11.7. The van der Waals surface area contributed by atoms with E-state index in [1.165, 1.54) is 0 Å². The number of halogens is 1. The SMILES string of the molecule is Cc1ccc(Cl)c(OCC(=O)N[C@@H]2CCS(=O)(=O)C2)c1. The first kappa shape index (κ1) is 15.1. The maximum absolute atomic E-state index is 11.7. The summed E-state index contributed by atoms with van der Waals surface area (Å²) in [7, 11) is -3.00. The predicted octanol–water partition coefficient (Wildman–Crippen LogP) is 1.33. The second-order valence-corrected chi connectivity index (χ2v) is 7.53. The van der Waals surface area contributed by atoms with Gasteiger partial charge in [0.05, 0.1) is 16.5 Å². The van der Waals surface area contributed by atoms with Crippen molar-refractivity contribution in [1.29, 1.82) is 0 Å². The van der Waals surface area contributed by atoms with Crippen molar-refractivity contribution in [1.82, 2.24) is 5.32 Å². The summed E-state index contributed by atoms with van der Waals surface area (Å²) in [4.78, 5) is 11.7. The van der Waals surface area contributed by atoms with Crippen molar-refractivity contribution in [3.63, 3.8) is 0 Å². The summed E-state index contributed by atoms with van der Waals surface area (Å²) in [6.45, 7) is 1.71. The van der Waals surface area contributed by atoms with Crippen molar-refractivity contribution in [2.45, 2.75) is 19.4 Å². The second kappa shape index (κ2) is 6.01. The number of hydrogen-bond donors (Lipinski definition) is 1. The van der Waals surface area contributed by atoms with Gasteiger partial charge in [-0.1, -0.05) is 17.7 Å². The summed E-state index contributed by atoms with van der Waals surface area (Å²) >= 11 is 5.95. The monoisotopic (exact) mass is 317 g/mol. The molecule has 0 aliphatic carbocycles. The van der Waals surface area contributed by atoms with Crippen LogP contribution in [0.3, 0.4) is 0 Å². The molecule has 1 aliphatic rings. The first-order valence-corrected chi connectivity index (χ1v) is 8.44. The largest absolute Gasteiger partial charge is 0.482 e. The highest BCUT2D eigenvalue weighted by Crippen LogP contribution is 2.25. The number of ether oxygens (including phenoxy) is 1. The highest BCUT2D eigenvalue weighted by Gasteiger charge is 2.28. The molecule has 1 aromatic rings. The summed E-state index contributed by atoms with van der Waals surface area (Å²) in [5.74, 6) is 0.234. The molecule has 2 rings (SSSR count). The van der Waals surface area contributed by atoms with Gasteiger partial charge in [-0.2, -0.15) is 0 Å². The van der Waals surface area contributed by atoms with E-state index in [2.05, 4.69) is 5.32 Å². The van der Waals surface area contributed by atoms with Gasteiger partial charge in [0.15, 0.2) is 16.4 Å². The van der Waals surface area contributed by atoms with Gasteiger partial charge in [-0.05, 0) is 31.0 Å². The number of benzene rings is 1. The highest BCUT2D eigenvalue weighted by molar-refractivity contribution is 7.91. The molecule has 1 saturated heterocycles. The van der Waals surface area contributed by atoms with Gasteiger partial charge < -0.3 is 10.1 Å². The average Bonchev–Trinajstić information content (AvgIpc) is 2.70. The fraction of sp³-hybridized carbons (Fsp3) is 0.462. The second-order valence-electron chi connectivity index (χ2n) is 4.89. The standard InChI is InChI=1S/C13H16ClNO4S/c1-9-2-3-11(14)12(6-9)19-7-13(16)15-10-4-5-20(17,18)8-10/h2-3,6,10H,4-5,7-8H2,1H3,(H,15,16)/t10-/m1/s1. The molecule has 7 heteroatoms. The smallest absolute Gasteiger partial charge is 0.258 e. The molecule has 0 unspecified atom stereocenters. The zero-order chi connectivity index (χ0) is 14.8. The maximum Gasteiger partial charge on any atom is 0.258 e. The van der Waals surface area contributed by atoms with Crippen LogP contribution in [0.1, 0.15) is 12.0 Å². The molecular formula is C13H16ClNO4S. The van der Waals surface area contributed by atoms with Gasteiger partial charge in [-0.15, -0.1) is 0 Å². The van der Waals surface area contributed by atoms with Crippen LogP contribution in [0.15, 0.2) is 18.2 Å². The van der Waals surface area contributed by atoms with Crippen LogP contribution in [-0.2, 0) is 14.6 Å². The topological polar surface area (TPSA) is 72.5 Å². The van der Waals surface area contributed by atoms with Crippen molar-refractivity contribution in [3.05, 3.63) is 28.8 Å². The van der Waals surface area contributed by atoms with Gasteiger partial charge in [0, 0.05) is 6.04 Å². The lowest BCUT2D eigenvalue weighted by atomic mass is 10.2. The van der Waals surface area contributed by atoms with Crippen LogP contribution in [0.25, 0.3) is 0 Å². The molecule has 1 aromatic carbocycles. The molecule has 0 spiro atoms. The molecule has 1 amide bonds. The molecule has 1 aliphatic heterocycles. The molecule has 5 nitrogen and oxygen atoms in total. The fourth-order valence-electron chi connectivity index (χ4n) is 2.04. The first-order valence-electron chi connectivity index (χ1n) is 6.24. The minimum atomic E-state index is -3.00. The van der Waals surface area contributed by atoms with E-state index in [4.69, 9.17) is 16.3 Å². The Hall–Kier alpha value is -1.27. The molecule has 0 radical (unpaired) electrons. The third-order valence-corrected chi connectivity index (χ3v) is 5.12. The van der Waals surface area contributed by atoms with Crippen LogP contribution in [-0.4, -0.2) is 38.5 Å². The minimum Gasteiger partial charge on any atom is -0.482 e. The zero-order valence-corrected chi connectivity index (χ0v) is 12.6. The van der Waals surface area contributed by atoms with Gasteiger partial charge in [0.2, 0.25) is 0 Å². The highest BCUT2D eigenvalue weighted by atomic mass is 35.5. The summed E-state index contributed by atoms with van der Waals surface area (Å²) < 4.78 is 27.9. The van der Waals surface area contributed by atoms with Gasteiger partial charge >= 0.3 is 0 Å². The lowest BCUT2D eigenvalue weighted by Crippen LogP contribution is -2.38. The molecule has 0 bridgehead atoms. The first-order chi connectivity index (χ1) is 9.35. The Morgan fingerprint density at radius 1 is 1.50 bits per heavy atom. The van der Waals surface area contributed by atoms with Crippen LogP contribution in [0.4, 0.5) is 0 Å². The van der Waals surface area contributed by atoms with Crippen LogP contribution in [0, 0.1) is 6.92 Å². The van der Waals surface area contributed by atoms with Gasteiger partial charge in [-0.25, -0.2) is 8.42 Å². The molecule has 1 atom stereocenters. The van der Waals surface area contributed by atoms with E-state index in [-0.39, 0.29) is 30.1 Å². The molecule has 110 valence electrons. The number of hydrogen-bond acceptors (Lipinski definition) is 4. The Balaban J connectivity index is 1.85. The third-order valence-electron chi connectivity index (χ3n) is 3.04. The van der Waals surface area contributed by atoms with Crippen molar-refractivity contribution < 1.29 is 17.9 Å². The summed E-state index contributed by atoms with van der Waals surface area (Å²) in [5.41, 5.74) is 0.978. The fourth-order valence-corrected chi connectivity index (χ4v) is 3.89. The van der Waals surface area contributed by atoms with Crippen molar-refractivity contribution in [2.24, 2.45) is 0 Å². The van der Waals surface area contributed by atoms with E-state index in [0.29, 0.717) is 17.2 Å². The Morgan fingerprint density at radius 3 is 2.90 bits per heavy atom. The van der Waals surface area contributed by atoms with Crippen molar-refractivity contribution >= 4 is 27.3 Å². The number of carbonyl (C=O) groups is 1. The van der Waals surface area contributed by atoms with Crippen LogP contribution < -0.4 is 10.1 Å². The summed E-state index contributed by atoms with van der Waals surface area (Å²) in [6, 6.07) is 4.98. The van der Waals surface area contributed by atoms with Crippen LogP contribution in [0.2, 0.25) is 5.02 Å². The lowest BCUT2D eigenvalue weighted by Gasteiger charge is -2.12. The molecular weight excluding hydrogens is 302 g/mol. The van der Waals surface area contributed by atoms with Crippen molar-refractivity contribution in [3.8, 4) is 5.75 Å².